The van der Waals surface area contributed by atoms with E-state index in [-0.39, 0.29) is 17.1 Å². The van der Waals surface area contributed by atoms with Crippen molar-refractivity contribution in [3.05, 3.63) is 29.6 Å². The van der Waals surface area contributed by atoms with Gasteiger partial charge in [-0.1, -0.05) is 0 Å². The molecule has 1 aromatic rings. The molecule has 0 saturated heterocycles. The second-order valence-corrected chi connectivity index (χ2v) is 4.25. The Morgan fingerprint density at radius 2 is 2.20 bits per heavy atom. The fourth-order valence-corrected chi connectivity index (χ4v) is 1.33. The molecule has 0 unspecified atom stereocenters. The van der Waals surface area contributed by atoms with Gasteiger partial charge >= 0.3 is 0 Å². The maximum absolute atomic E-state index is 13.1. The molecule has 1 amide bonds. The lowest BCUT2D eigenvalue weighted by Gasteiger charge is -2.11. The second kappa shape index (κ2) is 3.22. The van der Waals surface area contributed by atoms with Crippen LogP contribution in [0.1, 0.15) is 30.1 Å². The van der Waals surface area contributed by atoms with Gasteiger partial charge < -0.3 is 11.1 Å². The standard InChI is InChI=1S/C11H13FN2O/c1-11(4-5-11)14-10(15)7-2-3-9(13)8(12)6-7/h2-3,6H,4-5,13H2,1H3,(H,14,15). The normalized spacial score (nSPS) is 17.2. The van der Waals surface area contributed by atoms with E-state index < -0.39 is 5.82 Å². The van der Waals surface area contributed by atoms with Crippen molar-refractivity contribution in [3.8, 4) is 0 Å². The predicted molar refractivity (Wildman–Crippen MR) is 55.9 cm³/mol. The fourth-order valence-electron chi connectivity index (χ4n) is 1.33. The van der Waals surface area contributed by atoms with Crippen LogP contribution in [-0.2, 0) is 0 Å². The van der Waals surface area contributed by atoms with Crippen LogP contribution in [0.15, 0.2) is 18.2 Å². The summed E-state index contributed by atoms with van der Waals surface area (Å²) in [5.41, 5.74) is 5.61. The van der Waals surface area contributed by atoms with Gasteiger partial charge in [-0.05, 0) is 38.0 Å². The highest BCUT2D eigenvalue weighted by Gasteiger charge is 2.38. The van der Waals surface area contributed by atoms with Crippen molar-refractivity contribution in [2.24, 2.45) is 0 Å². The van der Waals surface area contributed by atoms with Gasteiger partial charge in [-0.3, -0.25) is 4.79 Å². The number of nitrogens with two attached hydrogens (primary N) is 1. The molecule has 80 valence electrons. The van der Waals surface area contributed by atoms with Gasteiger partial charge in [0.25, 0.3) is 5.91 Å². The van der Waals surface area contributed by atoms with Gasteiger partial charge in [0.1, 0.15) is 5.82 Å². The van der Waals surface area contributed by atoms with Crippen molar-refractivity contribution in [3.63, 3.8) is 0 Å². The Morgan fingerprint density at radius 3 is 2.73 bits per heavy atom. The molecule has 15 heavy (non-hydrogen) atoms. The zero-order chi connectivity index (χ0) is 11.1. The van der Waals surface area contributed by atoms with Crippen molar-refractivity contribution < 1.29 is 9.18 Å². The Hall–Kier alpha value is -1.58. The maximum Gasteiger partial charge on any atom is 0.251 e. The number of benzene rings is 1. The SMILES string of the molecule is CC1(NC(=O)c2ccc(N)c(F)c2)CC1. The lowest BCUT2D eigenvalue weighted by molar-refractivity contribution is 0.0935. The monoisotopic (exact) mass is 208 g/mol. The number of carbonyl (C=O) groups excluding carboxylic acids is 1. The summed E-state index contributed by atoms with van der Waals surface area (Å²) in [4.78, 5) is 11.6. The Balaban J connectivity index is 2.15. The second-order valence-electron chi connectivity index (χ2n) is 4.25. The number of amides is 1. The number of hydrogen-bond donors (Lipinski definition) is 2. The number of nitrogen functional groups attached to an aromatic ring is 1. The summed E-state index contributed by atoms with van der Waals surface area (Å²) in [6.45, 7) is 1.97. The number of rotatable bonds is 2. The average Bonchev–Trinajstić information content (AvgIpc) is 2.88. The van der Waals surface area contributed by atoms with Crippen LogP contribution in [0.3, 0.4) is 0 Å². The predicted octanol–water partition coefficient (Wildman–Crippen LogP) is 1.69. The molecule has 2 rings (SSSR count). The summed E-state index contributed by atoms with van der Waals surface area (Å²) in [7, 11) is 0. The smallest absolute Gasteiger partial charge is 0.251 e. The first-order valence-corrected chi connectivity index (χ1v) is 4.88. The lowest BCUT2D eigenvalue weighted by atomic mass is 10.1. The van der Waals surface area contributed by atoms with E-state index in [0.717, 1.165) is 18.9 Å². The van der Waals surface area contributed by atoms with Crippen LogP contribution in [0.2, 0.25) is 0 Å². The van der Waals surface area contributed by atoms with Crippen LogP contribution >= 0.6 is 0 Å². The van der Waals surface area contributed by atoms with Crippen LogP contribution in [0.25, 0.3) is 0 Å². The van der Waals surface area contributed by atoms with Crippen LogP contribution in [0, 0.1) is 5.82 Å². The summed E-state index contributed by atoms with van der Waals surface area (Å²) in [5, 5.41) is 2.85. The first-order chi connectivity index (χ1) is 7.00. The zero-order valence-corrected chi connectivity index (χ0v) is 8.51. The van der Waals surface area contributed by atoms with E-state index >= 15 is 0 Å². The largest absolute Gasteiger partial charge is 0.396 e. The van der Waals surface area contributed by atoms with Crippen molar-refractivity contribution in [1.82, 2.24) is 5.32 Å². The van der Waals surface area contributed by atoms with Gasteiger partial charge in [-0.2, -0.15) is 0 Å². The topological polar surface area (TPSA) is 55.1 Å². The van der Waals surface area contributed by atoms with Crippen LogP contribution in [0.5, 0.6) is 0 Å². The molecule has 0 bridgehead atoms. The molecule has 0 radical (unpaired) electrons. The molecular weight excluding hydrogens is 195 g/mol. The summed E-state index contributed by atoms with van der Waals surface area (Å²) in [6.07, 6.45) is 1.96. The highest BCUT2D eigenvalue weighted by Crippen LogP contribution is 2.34. The highest BCUT2D eigenvalue weighted by atomic mass is 19.1. The zero-order valence-electron chi connectivity index (χ0n) is 8.51. The molecule has 0 aliphatic heterocycles. The molecule has 0 spiro atoms. The minimum atomic E-state index is -0.552. The van der Waals surface area contributed by atoms with Crippen molar-refractivity contribution >= 4 is 11.6 Å². The number of nitrogens with one attached hydrogen (secondary N) is 1. The highest BCUT2D eigenvalue weighted by molar-refractivity contribution is 5.95. The average molecular weight is 208 g/mol. The quantitative estimate of drug-likeness (QED) is 0.727. The van der Waals surface area contributed by atoms with Crippen molar-refractivity contribution in [2.45, 2.75) is 25.3 Å². The molecule has 1 aliphatic rings. The Morgan fingerprint density at radius 1 is 1.53 bits per heavy atom. The third-order valence-corrected chi connectivity index (χ3v) is 2.68. The number of hydrogen-bond acceptors (Lipinski definition) is 2. The molecule has 3 nitrogen and oxygen atoms in total. The number of anilines is 1. The van der Waals surface area contributed by atoms with E-state index in [1.54, 1.807) is 0 Å². The van der Waals surface area contributed by atoms with Crippen molar-refractivity contribution in [2.75, 3.05) is 5.73 Å². The summed E-state index contributed by atoms with van der Waals surface area (Å²) < 4.78 is 13.1. The van der Waals surface area contributed by atoms with Gasteiger partial charge in [0.15, 0.2) is 0 Å². The van der Waals surface area contributed by atoms with E-state index in [2.05, 4.69) is 5.32 Å². The van der Waals surface area contributed by atoms with Gasteiger partial charge in [-0.15, -0.1) is 0 Å². The van der Waals surface area contributed by atoms with E-state index in [0.29, 0.717) is 5.56 Å². The maximum atomic E-state index is 13.1. The van der Waals surface area contributed by atoms with E-state index in [1.807, 2.05) is 6.92 Å². The van der Waals surface area contributed by atoms with Gasteiger partial charge in [-0.25, -0.2) is 4.39 Å². The van der Waals surface area contributed by atoms with Gasteiger partial charge in [0.2, 0.25) is 0 Å². The molecular formula is C11H13FN2O. The molecule has 1 aromatic carbocycles. The third kappa shape index (κ3) is 2.09. The van der Waals surface area contributed by atoms with E-state index in [1.165, 1.54) is 12.1 Å². The minimum absolute atomic E-state index is 0.0594. The lowest BCUT2D eigenvalue weighted by Crippen LogP contribution is -2.34. The fraction of sp³-hybridized carbons (Fsp3) is 0.364. The van der Waals surface area contributed by atoms with E-state index in [9.17, 15) is 9.18 Å². The van der Waals surface area contributed by atoms with Crippen molar-refractivity contribution in [1.29, 1.82) is 0 Å². The first-order valence-electron chi connectivity index (χ1n) is 4.88. The number of halogens is 1. The minimum Gasteiger partial charge on any atom is -0.396 e. The summed E-state index contributed by atoms with van der Waals surface area (Å²) in [5.74, 6) is -0.794. The molecule has 4 heteroatoms. The molecule has 1 fully saturated rings. The summed E-state index contributed by atoms with van der Waals surface area (Å²) in [6, 6.07) is 4.09. The summed E-state index contributed by atoms with van der Waals surface area (Å²) >= 11 is 0. The van der Waals surface area contributed by atoms with Crippen LogP contribution in [-0.4, -0.2) is 11.4 Å². The Labute approximate surface area is 87.5 Å². The number of carbonyl (C=O) groups is 1. The van der Waals surface area contributed by atoms with Crippen LogP contribution < -0.4 is 11.1 Å². The molecule has 1 aliphatic carbocycles. The molecule has 0 aromatic heterocycles. The van der Waals surface area contributed by atoms with Gasteiger partial charge in [0.05, 0.1) is 5.69 Å². The third-order valence-electron chi connectivity index (χ3n) is 2.68. The van der Waals surface area contributed by atoms with E-state index in [4.69, 9.17) is 5.73 Å². The molecule has 0 atom stereocenters. The first kappa shape index (κ1) is 9.96. The molecule has 3 N–H and O–H groups in total. The van der Waals surface area contributed by atoms with Crippen LogP contribution in [0.4, 0.5) is 10.1 Å². The molecule has 1 saturated carbocycles. The Kier molecular flexibility index (Phi) is 2.14. The van der Waals surface area contributed by atoms with Gasteiger partial charge in [0, 0.05) is 11.1 Å². The molecule has 0 heterocycles. The Bertz CT molecular complexity index is 413.